The van der Waals surface area contributed by atoms with Crippen LogP contribution in [0.5, 0.6) is 0 Å². The first-order valence-electron chi connectivity index (χ1n) is 8.51. The molecule has 1 N–H and O–H groups in total. The highest BCUT2D eigenvalue weighted by Gasteiger charge is 2.24. The van der Waals surface area contributed by atoms with Crippen LogP contribution >= 0.6 is 0 Å². The molecular weight excluding hydrogens is 360 g/mol. The van der Waals surface area contributed by atoms with Crippen LogP contribution in [0.3, 0.4) is 0 Å². The highest BCUT2D eigenvalue weighted by Crippen LogP contribution is 2.20. The van der Waals surface area contributed by atoms with Crippen molar-refractivity contribution in [2.45, 2.75) is 24.3 Å². The van der Waals surface area contributed by atoms with E-state index < -0.39 is 26.6 Å². The average Bonchev–Trinajstić information content (AvgIpc) is 2.64. The molecular formula is C18H21F2N3O2S. The van der Waals surface area contributed by atoms with Gasteiger partial charge in [0.2, 0.25) is 10.0 Å². The van der Waals surface area contributed by atoms with E-state index in [1.807, 2.05) is 18.2 Å². The second-order valence-electron chi connectivity index (χ2n) is 6.47. The molecule has 2 aromatic rings. The van der Waals surface area contributed by atoms with E-state index in [9.17, 15) is 17.2 Å². The van der Waals surface area contributed by atoms with Crippen molar-refractivity contribution >= 4 is 10.0 Å². The maximum absolute atomic E-state index is 13.7. The molecule has 0 unspecified atom stereocenters. The number of nitrogens with one attached hydrogen (secondary N) is 1. The molecule has 0 amide bonds. The number of sulfonamides is 1. The van der Waals surface area contributed by atoms with E-state index in [-0.39, 0.29) is 12.5 Å². The summed E-state index contributed by atoms with van der Waals surface area (Å²) < 4.78 is 53.8. The minimum atomic E-state index is -4.06. The Kier molecular flexibility index (Phi) is 5.95. The van der Waals surface area contributed by atoms with Crippen LogP contribution in [-0.4, -0.2) is 37.9 Å². The van der Waals surface area contributed by atoms with Crippen LogP contribution in [0.2, 0.25) is 0 Å². The summed E-state index contributed by atoms with van der Waals surface area (Å²) in [7, 11) is -4.06. The molecule has 140 valence electrons. The molecule has 0 spiro atoms. The summed E-state index contributed by atoms with van der Waals surface area (Å²) in [5.41, 5.74) is 1.01. The van der Waals surface area contributed by atoms with Crippen LogP contribution in [0.4, 0.5) is 8.78 Å². The van der Waals surface area contributed by atoms with Gasteiger partial charge in [-0.15, -0.1) is 0 Å². The fourth-order valence-electron chi connectivity index (χ4n) is 3.06. The van der Waals surface area contributed by atoms with Gasteiger partial charge in [0.25, 0.3) is 0 Å². The quantitative estimate of drug-likeness (QED) is 0.835. The van der Waals surface area contributed by atoms with Gasteiger partial charge in [-0.2, -0.15) is 0 Å². The van der Waals surface area contributed by atoms with Crippen LogP contribution in [0.1, 0.15) is 18.5 Å². The molecule has 0 radical (unpaired) electrons. The monoisotopic (exact) mass is 381 g/mol. The van der Waals surface area contributed by atoms with Gasteiger partial charge in [-0.05, 0) is 62.2 Å². The normalized spacial score (nSPS) is 16.7. The van der Waals surface area contributed by atoms with Gasteiger partial charge in [-0.1, -0.05) is 6.07 Å². The Morgan fingerprint density at radius 3 is 2.62 bits per heavy atom. The first-order chi connectivity index (χ1) is 12.4. The third-order valence-corrected chi connectivity index (χ3v) is 6.00. The molecule has 5 nitrogen and oxygen atoms in total. The molecule has 1 aromatic carbocycles. The summed E-state index contributed by atoms with van der Waals surface area (Å²) in [5, 5.41) is 0. The summed E-state index contributed by atoms with van der Waals surface area (Å²) in [4.78, 5) is 5.94. The average molecular weight is 381 g/mol. The van der Waals surface area contributed by atoms with Crippen molar-refractivity contribution in [3.63, 3.8) is 0 Å². The topological polar surface area (TPSA) is 62.3 Å². The summed E-state index contributed by atoms with van der Waals surface area (Å²) in [6.07, 6.45) is 3.43. The number of halogens is 2. The van der Waals surface area contributed by atoms with Crippen molar-refractivity contribution in [2.24, 2.45) is 5.92 Å². The summed E-state index contributed by atoms with van der Waals surface area (Å²) in [6, 6.07) is 8.23. The summed E-state index contributed by atoms with van der Waals surface area (Å²) >= 11 is 0. The highest BCUT2D eigenvalue weighted by molar-refractivity contribution is 7.89. The van der Waals surface area contributed by atoms with Crippen LogP contribution in [-0.2, 0) is 16.6 Å². The van der Waals surface area contributed by atoms with Crippen molar-refractivity contribution in [3.05, 3.63) is 59.9 Å². The van der Waals surface area contributed by atoms with Gasteiger partial charge in [0.15, 0.2) is 0 Å². The predicted octanol–water partition coefficient (Wildman–Crippen LogP) is 2.55. The number of likely N-dealkylation sites (tertiary alicyclic amines) is 1. The Bertz CT molecular complexity index is 839. The van der Waals surface area contributed by atoms with Gasteiger partial charge in [0.1, 0.15) is 16.5 Å². The Hall–Kier alpha value is -1.90. The lowest BCUT2D eigenvalue weighted by Gasteiger charge is -2.31. The molecule has 26 heavy (non-hydrogen) atoms. The number of hydrogen-bond acceptors (Lipinski definition) is 4. The number of pyridine rings is 1. The van der Waals surface area contributed by atoms with Crippen molar-refractivity contribution in [2.75, 3.05) is 19.6 Å². The third-order valence-electron chi connectivity index (χ3n) is 4.56. The standard InChI is InChI=1S/C18H21F2N3O2S/c19-15-4-5-17(20)18(11-15)26(24,25)22-12-14-6-9-23(10-7-14)13-16-3-1-2-8-21-16/h1-5,8,11,14,22H,6-7,9-10,12-13H2. The Balaban J connectivity index is 1.51. The van der Waals surface area contributed by atoms with Crippen LogP contribution < -0.4 is 4.72 Å². The molecule has 1 saturated heterocycles. The van der Waals surface area contributed by atoms with E-state index in [0.29, 0.717) is 6.07 Å². The zero-order chi connectivity index (χ0) is 18.6. The maximum Gasteiger partial charge on any atom is 0.243 e. The summed E-state index contributed by atoms with van der Waals surface area (Å²) in [6.45, 7) is 2.68. The fourth-order valence-corrected chi connectivity index (χ4v) is 4.26. The largest absolute Gasteiger partial charge is 0.297 e. The van der Waals surface area contributed by atoms with Gasteiger partial charge >= 0.3 is 0 Å². The molecule has 1 fully saturated rings. The summed E-state index contributed by atoms with van der Waals surface area (Å²) in [5.74, 6) is -1.57. The smallest absolute Gasteiger partial charge is 0.243 e. The van der Waals surface area contributed by atoms with Gasteiger partial charge in [-0.3, -0.25) is 9.88 Å². The van der Waals surface area contributed by atoms with E-state index >= 15 is 0 Å². The Morgan fingerprint density at radius 1 is 1.15 bits per heavy atom. The van der Waals surface area contributed by atoms with Gasteiger partial charge in [-0.25, -0.2) is 21.9 Å². The molecule has 1 aliphatic heterocycles. The van der Waals surface area contributed by atoms with E-state index in [2.05, 4.69) is 14.6 Å². The second kappa shape index (κ2) is 8.20. The van der Waals surface area contributed by atoms with E-state index in [0.717, 1.165) is 50.3 Å². The van der Waals surface area contributed by atoms with E-state index in [1.165, 1.54) is 0 Å². The van der Waals surface area contributed by atoms with Crippen molar-refractivity contribution < 1.29 is 17.2 Å². The van der Waals surface area contributed by atoms with Crippen molar-refractivity contribution in [1.82, 2.24) is 14.6 Å². The number of aromatic nitrogens is 1. The lowest BCUT2D eigenvalue weighted by molar-refractivity contribution is 0.177. The first kappa shape index (κ1) is 18.9. The van der Waals surface area contributed by atoms with Gasteiger partial charge < -0.3 is 0 Å². The van der Waals surface area contributed by atoms with E-state index in [4.69, 9.17) is 0 Å². The molecule has 3 rings (SSSR count). The molecule has 2 heterocycles. The zero-order valence-electron chi connectivity index (χ0n) is 14.2. The highest BCUT2D eigenvalue weighted by atomic mass is 32.2. The minimum Gasteiger partial charge on any atom is -0.297 e. The van der Waals surface area contributed by atoms with Crippen LogP contribution in [0, 0.1) is 17.6 Å². The lowest BCUT2D eigenvalue weighted by Crippen LogP contribution is -2.38. The molecule has 1 aliphatic rings. The number of hydrogen-bond donors (Lipinski definition) is 1. The SMILES string of the molecule is O=S(=O)(NCC1CCN(Cc2ccccn2)CC1)c1cc(F)ccc1F. The number of rotatable bonds is 6. The Morgan fingerprint density at radius 2 is 1.92 bits per heavy atom. The molecule has 0 aliphatic carbocycles. The van der Waals surface area contributed by atoms with Crippen LogP contribution in [0.25, 0.3) is 0 Å². The molecule has 0 saturated carbocycles. The molecule has 1 aromatic heterocycles. The van der Waals surface area contributed by atoms with Crippen LogP contribution in [0.15, 0.2) is 47.5 Å². The number of piperidine rings is 1. The first-order valence-corrected chi connectivity index (χ1v) is 9.99. The third kappa shape index (κ3) is 4.84. The molecule has 0 atom stereocenters. The molecule has 0 bridgehead atoms. The van der Waals surface area contributed by atoms with Crippen molar-refractivity contribution in [1.29, 1.82) is 0 Å². The van der Waals surface area contributed by atoms with Gasteiger partial charge in [0, 0.05) is 19.3 Å². The minimum absolute atomic E-state index is 0.168. The van der Waals surface area contributed by atoms with Crippen molar-refractivity contribution in [3.8, 4) is 0 Å². The lowest BCUT2D eigenvalue weighted by atomic mass is 9.97. The number of nitrogens with zero attached hydrogens (tertiary/aromatic N) is 2. The Labute approximate surface area is 152 Å². The maximum atomic E-state index is 13.7. The van der Waals surface area contributed by atoms with Gasteiger partial charge in [0.05, 0.1) is 5.69 Å². The van der Waals surface area contributed by atoms with E-state index in [1.54, 1.807) is 6.20 Å². The fraction of sp³-hybridized carbons (Fsp3) is 0.389. The second-order valence-corrected chi connectivity index (χ2v) is 8.20. The zero-order valence-corrected chi connectivity index (χ0v) is 15.1. The number of benzene rings is 1. The molecule has 8 heteroatoms. The predicted molar refractivity (Wildman–Crippen MR) is 93.8 cm³/mol.